The number of Topliss-reactive ketones (excluding diaryl/α,β-unsaturated/α-hetero) is 2. The predicted molar refractivity (Wildman–Crippen MR) is 164 cm³/mol. The molecule has 0 saturated heterocycles. The van der Waals surface area contributed by atoms with E-state index in [0.29, 0.717) is 35.3 Å². The molecular formula is C32H33N2O8P. The van der Waals surface area contributed by atoms with Gasteiger partial charge >= 0.3 is 7.82 Å². The Morgan fingerprint density at radius 3 is 1.37 bits per heavy atom. The van der Waals surface area contributed by atoms with E-state index in [-0.39, 0.29) is 47.4 Å². The molecule has 0 fully saturated rings. The highest BCUT2D eigenvalue weighted by atomic mass is 31.2. The Balaban J connectivity index is 1.39. The van der Waals surface area contributed by atoms with Crippen LogP contribution in [-0.2, 0) is 17.4 Å². The molecule has 10 nitrogen and oxygen atoms in total. The lowest BCUT2D eigenvalue weighted by atomic mass is 10.0. The molecule has 0 bridgehead atoms. The summed E-state index contributed by atoms with van der Waals surface area (Å²) in [5.41, 5.74) is 15.2. The Morgan fingerprint density at radius 2 is 1.02 bits per heavy atom. The lowest BCUT2D eigenvalue weighted by Crippen LogP contribution is -2.06. The van der Waals surface area contributed by atoms with E-state index < -0.39 is 7.82 Å². The summed E-state index contributed by atoms with van der Waals surface area (Å²) in [7, 11) is -1.92. The summed E-state index contributed by atoms with van der Waals surface area (Å²) in [6, 6.07) is 22.9. The number of carbonyl (C=O) groups excluding carboxylic acids is 2. The molecule has 0 heterocycles. The number of anilines is 2. The van der Waals surface area contributed by atoms with E-state index in [2.05, 4.69) is 0 Å². The van der Waals surface area contributed by atoms with Crippen LogP contribution in [0.1, 0.15) is 44.7 Å². The molecule has 43 heavy (non-hydrogen) atoms. The first-order valence-corrected chi connectivity index (χ1v) is 14.9. The van der Waals surface area contributed by atoms with Crippen molar-refractivity contribution in [3.05, 3.63) is 107 Å². The standard InChI is InChI=1S/C32H33N2O8P/c1-39-31-19-25(13-15-27(31)29(35)17-7-21-3-9-23(33)10-4-21)41-43(37,38)42-26-14-16-28(32(20-26)40-2)30(36)18-8-22-5-11-24(34)12-6-22/h3-6,9-16,19-20H,7-8,17-18,33-34H2,1-2H3,(H,37,38). The minimum atomic E-state index is -4.69. The fraction of sp³-hybridized carbons (Fsp3) is 0.188. The first kappa shape index (κ1) is 31.2. The molecule has 4 aromatic carbocycles. The van der Waals surface area contributed by atoms with Gasteiger partial charge in [-0.1, -0.05) is 24.3 Å². The van der Waals surface area contributed by atoms with Gasteiger partial charge in [0.05, 0.1) is 25.3 Å². The second-order valence-corrected chi connectivity index (χ2v) is 11.0. The number of methoxy groups -OCH3 is 2. The minimum Gasteiger partial charge on any atom is -0.496 e. The lowest BCUT2D eigenvalue weighted by Gasteiger charge is -2.16. The number of hydrogen-bond donors (Lipinski definition) is 3. The molecule has 0 aliphatic carbocycles. The number of carbonyl (C=O) groups is 2. The zero-order valence-electron chi connectivity index (χ0n) is 23.8. The topological polar surface area (TPSA) is 160 Å². The minimum absolute atomic E-state index is 0.0424. The molecule has 0 amide bonds. The van der Waals surface area contributed by atoms with Crippen molar-refractivity contribution in [1.29, 1.82) is 0 Å². The molecule has 0 unspecified atom stereocenters. The van der Waals surface area contributed by atoms with Crippen molar-refractivity contribution >= 4 is 30.8 Å². The fourth-order valence-corrected chi connectivity index (χ4v) is 5.15. The van der Waals surface area contributed by atoms with Crippen molar-refractivity contribution < 1.29 is 37.6 Å². The second-order valence-electron chi connectivity index (χ2n) is 9.70. The zero-order valence-corrected chi connectivity index (χ0v) is 24.7. The van der Waals surface area contributed by atoms with Gasteiger partial charge in [-0.25, -0.2) is 4.57 Å². The third kappa shape index (κ3) is 8.61. The van der Waals surface area contributed by atoms with E-state index in [1.54, 1.807) is 24.3 Å². The van der Waals surface area contributed by atoms with E-state index in [4.69, 9.17) is 30.0 Å². The number of phosphoric acid groups is 1. The summed E-state index contributed by atoms with van der Waals surface area (Å²) in [5, 5.41) is 0. The van der Waals surface area contributed by atoms with Gasteiger partial charge in [0.2, 0.25) is 0 Å². The lowest BCUT2D eigenvalue weighted by molar-refractivity contribution is 0.0971. The highest BCUT2D eigenvalue weighted by molar-refractivity contribution is 7.48. The smallest absolute Gasteiger partial charge is 0.496 e. The average molecular weight is 605 g/mol. The van der Waals surface area contributed by atoms with Gasteiger partial charge in [-0.2, -0.15) is 0 Å². The highest BCUT2D eigenvalue weighted by Gasteiger charge is 2.27. The van der Waals surface area contributed by atoms with Crippen molar-refractivity contribution in [3.8, 4) is 23.0 Å². The van der Waals surface area contributed by atoms with E-state index in [1.165, 1.54) is 50.6 Å². The number of ketones is 2. The monoisotopic (exact) mass is 604 g/mol. The molecular weight excluding hydrogens is 571 g/mol. The van der Waals surface area contributed by atoms with Crippen molar-refractivity contribution in [2.45, 2.75) is 25.7 Å². The Kier molecular flexibility index (Phi) is 10.1. The first-order chi connectivity index (χ1) is 20.6. The predicted octanol–water partition coefficient (Wildman–Crippen LogP) is 6.06. The van der Waals surface area contributed by atoms with Crippen molar-refractivity contribution in [3.63, 3.8) is 0 Å². The second kappa shape index (κ2) is 13.9. The Labute approximate surface area is 249 Å². The van der Waals surface area contributed by atoms with Gasteiger partial charge < -0.3 is 30.0 Å². The van der Waals surface area contributed by atoms with Crippen LogP contribution >= 0.6 is 7.82 Å². The van der Waals surface area contributed by atoms with Crippen molar-refractivity contribution in [1.82, 2.24) is 0 Å². The summed E-state index contributed by atoms with van der Waals surface area (Å²) >= 11 is 0. The molecule has 0 aromatic heterocycles. The van der Waals surface area contributed by atoms with Crippen LogP contribution in [-0.4, -0.2) is 30.7 Å². The van der Waals surface area contributed by atoms with Gasteiger partial charge in [-0.05, 0) is 72.5 Å². The molecule has 11 heteroatoms. The van der Waals surface area contributed by atoms with Gasteiger partial charge in [0.1, 0.15) is 23.0 Å². The molecule has 0 atom stereocenters. The fourth-order valence-electron chi connectivity index (χ4n) is 4.36. The van der Waals surface area contributed by atoms with E-state index in [9.17, 15) is 19.0 Å². The van der Waals surface area contributed by atoms with Crippen LogP contribution in [0, 0.1) is 0 Å². The molecule has 0 aliphatic heterocycles. The molecule has 0 radical (unpaired) electrons. The van der Waals surface area contributed by atoms with Crippen molar-refractivity contribution in [2.24, 2.45) is 0 Å². The van der Waals surface area contributed by atoms with Gasteiger partial charge in [-0.15, -0.1) is 0 Å². The number of ether oxygens (including phenoxy) is 2. The molecule has 5 N–H and O–H groups in total. The van der Waals surface area contributed by atoms with E-state index in [1.807, 2.05) is 24.3 Å². The van der Waals surface area contributed by atoms with Crippen molar-refractivity contribution in [2.75, 3.05) is 25.7 Å². The number of aryl methyl sites for hydroxylation is 2. The third-order valence-corrected chi connectivity index (χ3v) is 7.51. The maximum Gasteiger partial charge on any atom is 0.584 e. The summed E-state index contributed by atoms with van der Waals surface area (Å²) in [6.07, 6.45) is 1.47. The summed E-state index contributed by atoms with van der Waals surface area (Å²) < 4.78 is 34.0. The number of benzene rings is 4. The summed E-state index contributed by atoms with van der Waals surface area (Å²) in [5.74, 6) is -0.0530. The summed E-state index contributed by atoms with van der Waals surface area (Å²) in [6.45, 7) is 0. The van der Waals surface area contributed by atoms with Gasteiger partial charge in [-0.3, -0.25) is 14.5 Å². The third-order valence-electron chi connectivity index (χ3n) is 6.63. The quantitative estimate of drug-likeness (QED) is 0.0877. The van der Waals surface area contributed by atoms with Gasteiger partial charge in [0.25, 0.3) is 0 Å². The van der Waals surface area contributed by atoms with Crippen LogP contribution in [0.3, 0.4) is 0 Å². The van der Waals surface area contributed by atoms with E-state index >= 15 is 0 Å². The maximum absolute atomic E-state index is 12.8. The van der Waals surface area contributed by atoms with Gasteiger partial charge in [0, 0.05) is 36.3 Å². The Morgan fingerprint density at radius 1 is 0.651 bits per heavy atom. The first-order valence-electron chi connectivity index (χ1n) is 13.4. The molecule has 4 rings (SSSR count). The number of nitrogen functional groups attached to an aromatic ring is 2. The molecule has 0 saturated carbocycles. The molecule has 0 spiro atoms. The molecule has 224 valence electrons. The number of hydrogen-bond acceptors (Lipinski definition) is 9. The van der Waals surface area contributed by atoms with Crippen LogP contribution in [0.4, 0.5) is 11.4 Å². The normalized spacial score (nSPS) is 11.0. The highest BCUT2D eigenvalue weighted by Crippen LogP contribution is 2.46. The zero-order chi connectivity index (χ0) is 31.0. The maximum atomic E-state index is 12.8. The number of nitrogens with two attached hydrogens (primary N) is 2. The largest absolute Gasteiger partial charge is 0.584 e. The van der Waals surface area contributed by atoms with Crippen LogP contribution < -0.4 is 30.0 Å². The van der Waals surface area contributed by atoms with Gasteiger partial charge in [0.15, 0.2) is 11.6 Å². The van der Waals surface area contributed by atoms with Crippen LogP contribution in [0.5, 0.6) is 23.0 Å². The number of rotatable bonds is 14. The SMILES string of the molecule is COc1cc(OP(=O)(O)Oc2ccc(C(=O)CCc3ccc(N)cc3)c(OC)c2)ccc1C(=O)CCc1ccc(N)cc1. The molecule has 4 aromatic rings. The average Bonchev–Trinajstić information content (AvgIpc) is 2.99. The van der Waals surface area contributed by atoms with Crippen LogP contribution in [0.2, 0.25) is 0 Å². The number of phosphoric ester groups is 1. The molecule has 0 aliphatic rings. The Bertz CT molecular complexity index is 1520. The summed E-state index contributed by atoms with van der Waals surface area (Å²) in [4.78, 5) is 36.1. The van der Waals surface area contributed by atoms with Crippen LogP contribution in [0.15, 0.2) is 84.9 Å². The van der Waals surface area contributed by atoms with Crippen LogP contribution in [0.25, 0.3) is 0 Å². The Hall–Kier alpha value is -4.79. The van der Waals surface area contributed by atoms with E-state index in [0.717, 1.165) is 11.1 Å².